The number of anilines is 1. The van der Waals surface area contributed by atoms with Crippen molar-refractivity contribution in [3.05, 3.63) is 27.8 Å². The first-order valence-corrected chi connectivity index (χ1v) is 13.3. The molecule has 1 aliphatic rings. The third kappa shape index (κ3) is 5.05. The molecule has 1 aliphatic carbocycles. The second kappa shape index (κ2) is 10.3. The van der Waals surface area contributed by atoms with E-state index in [2.05, 4.69) is 20.6 Å². The molecule has 3 heterocycles. The molecule has 0 atom stereocenters. The number of ether oxygens (including phenoxy) is 1. The third-order valence-corrected chi connectivity index (χ3v) is 7.74. The largest absolute Gasteiger partial charge is 0.459 e. The summed E-state index contributed by atoms with van der Waals surface area (Å²) in [6, 6.07) is 1.97. The molecular weight excluding hydrogens is 472 g/mol. The van der Waals surface area contributed by atoms with Crippen molar-refractivity contribution >= 4 is 40.0 Å². The van der Waals surface area contributed by atoms with E-state index in [1.165, 1.54) is 28.0 Å². The van der Waals surface area contributed by atoms with Crippen molar-refractivity contribution in [2.24, 2.45) is 7.05 Å². The minimum Gasteiger partial charge on any atom is -0.459 e. The van der Waals surface area contributed by atoms with Crippen molar-refractivity contribution in [2.75, 3.05) is 11.1 Å². The Kier molecular flexibility index (Phi) is 7.42. The molecule has 4 rings (SSSR count). The van der Waals surface area contributed by atoms with Crippen LogP contribution in [0.4, 0.5) is 5.00 Å². The molecule has 0 saturated heterocycles. The Morgan fingerprint density at radius 3 is 2.71 bits per heavy atom. The van der Waals surface area contributed by atoms with Crippen LogP contribution in [0.15, 0.2) is 11.2 Å². The minimum atomic E-state index is -0.362. The molecule has 182 valence electrons. The second-order valence-corrected chi connectivity index (χ2v) is 10.6. The van der Waals surface area contributed by atoms with Gasteiger partial charge in [-0.25, -0.2) is 4.79 Å². The number of amides is 1. The van der Waals surface area contributed by atoms with Crippen LogP contribution in [0.2, 0.25) is 0 Å². The van der Waals surface area contributed by atoms with Crippen LogP contribution < -0.4 is 5.32 Å². The van der Waals surface area contributed by atoms with E-state index >= 15 is 0 Å². The highest BCUT2D eigenvalue weighted by atomic mass is 32.2. The summed E-state index contributed by atoms with van der Waals surface area (Å²) < 4.78 is 9.24. The molecule has 0 aliphatic heterocycles. The van der Waals surface area contributed by atoms with Crippen LogP contribution in [0, 0.1) is 6.92 Å². The van der Waals surface area contributed by atoms with Crippen molar-refractivity contribution in [3.8, 4) is 11.5 Å². The summed E-state index contributed by atoms with van der Waals surface area (Å²) >= 11 is 2.82. The SMILES string of the molecule is CCn1c(SCC(=O)Nc2sc3c(c2C(=O)OC(C)C)CCCC3)nnc1-c1cc(C)nn1C. The molecule has 3 aromatic heterocycles. The van der Waals surface area contributed by atoms with Crippen molar-refractivity contribution < 1.29 is 14.3 Å². The van der Waals surface area contributed by atoms with Gasteiger partial charge in [0.1, 0.15) is 10.7 Å². The molecule has 0 fully saturated rings. The van der Waals surface area contributed by atoms with Gasteiger partial charge in [-0.15, -0.1) is 21.5 Å². The molecule has 0 saturated carbocycles. The number of thioether (sulfide) groups is 1. The predicted octanol–water partition coefficient (Wildman–Crippen LogP) is 4.24. The average Bonchev–Trinajstić information content (AvgIpc) is 3.45. The predicted molar refractivity (Wildman–Crippen MR) is 134 cm³/mol. The number of hydrogen-bond donors (Lipinski definition) is 1. The zero-order chi connectivity index (χ0) is 24.4. The lowest BCUT2D eigenvalue weighted by atomic mass is 9.95. The maximum atomic E-state index is 12.9. The molecule has 11 heteroatoms. The van der Waals surface area contributed by atoms with Crippen LogP contribution in [0.5, 0.6) is 0 Å². The quantitative estimate of drug-likeness (QED) is 0.363. The fourth-order valence-corrected chi connectivity index (χ4v) is 6.22. The molecule has 1 amide bonds. The number of fused-ring (bicyclic) bond motifs is 1. The number of nitrogens with one attached hydrogen (secondary N) is 1. The maximum absolute atomic E-state index is 12.9. The van der Waals surface area contributed by atoms with Crippen LogP contribution in [0.1, 0.15) is 60.1 Å². The summed E-state index contributed by atoms with van der Waals surface area (Å²) in [6.45, 7) is 8.28. The Bertz CT molecular complexity index is 1210. The monoisotopic (exact) mass is 502 g/mol. The van der Waals surface area contributed by atoms with Gasteiger partial charge < -0.3 is 14.6 Å². The van der Waals surface area contributed by atoms with E-state index in [-0.39, 0.29) is 23.7 Å². The lowest BCUT2D eigenvalue weighted by molar-refractivity contribution is -0.113. The molecule has 9 nitrogen and oxygen atoms in total. The first kappa shape index (κ1) is 24.5. The second-order valence-electron chi connectivity index (χ2n) is 8.55. The van der Waals surface area contributed by atoms with Crippen molar-refractivity contribution in [3.63, 3.8) is 0 Å². The van der Waals surface area contributed by atoms with Gasteiger partial charge in [-0.2, -0.15) is 5.10 Å². The molecule has 0 bridgehead atoms. The highest BCUT2D eigenvalue weighted by molar-refractivity contribution is 7.99. The van der Waals surface area contributed by atoms with Gasteiger partial charge in [0, 0.05) is 18.5 Å². The molecule has 0 unspecified atom stereocenters. The van der Waals surface area contributed by atoms with Crippen LogP contribution in [0.3, 0.4) is 0 Å². The van der Waals surface area contributed by atoms with E-state index < -0.39 is 0 Å². The molecule has 0 radical (unpaired) electrons. The van der Waals surface area contributed by atoms with Crippen molar-refractivity contribution in [2.45, 2.75) is 71.2 Å². The number of carbonyl (C=O) groups excluding carboxylic acids is 2. The van der Waals surface area contributed by atoms with Crippen molar-refractivity contribution in [1.29, 1.82) is 0 Å². The van der Waals surface area contributed by atoms with Gasteiger partial charge in [0.25, 0.3) is 0 Å². The highest BCUT2D eigenvalue weighted by Crippen LogP contribution is 2.39. The van der Waals surface area contributed by atoms with E-state index in [1.54, 1.807) is 4.68 Å². The number of nitrogens with zero attached hydrogens (tertiary/aromatic N) is 5. The zero-order valence-electron chi connectivity index (χ0n) is 20.2. The Balaban J connectivity index is 1.49. The first-order chi connectivity index (χ1) is 16.3. The van der Waals surface area contributed by atoms with Gasteiger partial charge in [-0.05, 0) is 65.0 Å². The lowest BCUT2D eigenvalue weighted by Crippen LogP contribution is -2.19. The van der Waals surface area contributed by atoms with Gasteiger partial charge in [0.2, 0.25) is 5.91 Å². The molecule has 1 N–H and O–H groups in total. The highest BCUT2D eigenvalue weighted by Gasteiger charge is 2.28. The lowest BCUT2D eigenvalue weighted by Gasteiger charge is -2.14. The topological polar surface area (TPSA) is 104 Å². The van der Waals surface area contributed by atoms with E-state index in [9.17, 15) is 9.59 Å². The van der Waals surface area contributed by atoms with E-state index in [0.717, 1.165) is 48.5 Å². The van der Waals surface area contributed by atoms with Gasteiger partial charge in [0.05, 0.1) is 23.1 Å². The summed E-state index contributed by atoms with van der Waals surface area (Å²) in [6.07, 6.45) is 3.70. The Morgan fingerprint density at radius 1 is 1.26 bits per heavy atom. The third-order valence-electron chi connectivity index (χ3n) is 5.57. The van der Waals surface area contributed by atoms with Crippen LogP contribution in [0.25, 0.3) is 11.5 Å². The van der Waals surface area contributed by atoms with E-state index in [1.807, 2.05) is 45.4 Å². The van der Waals surface area contributed by atoms with Crippen LogP contribution in [-0.4, -0.2) is 48.3 Å². The molecule has 3 aromatic rings. The van der Waals surface area contributed by atoms with Crippen LogP contribution in [-0.2, 0) is 36.0 Å². The Hall–Kier alpha value is -2.66. The standard InChI is InChI=1S/C23H30N6O3S2/c1-6-29-20(16-11-14(4)27-28(16)5)25-26-23(29)33-12-18(30)24-21-19(22(31)32-13(2)3)15-9-7-8-10-17(15)34-21/h11,13H,6-10,12H2,1-5H3,(H,24,30). The fraction of sp³-hybridized carbons (Fsp3) is 0.522. The fourth-order valence-electron chi connectivity index (χ4n) is 4.13. The molecule has 0 spiro atoms. The number of aromatic nitrogens is 5. The number of hydrogen-bond acceptors (Lipinski definition) is 8. The summed E-state index contributed by atoms with van der Waals surface area (Å²) in [5.74, 6) is 0.326. The van der Waals surface area contributed by atoms with Crippen molar-refractivity contribution in [1.82, 2.24) is 24.5 Å². The Morgan fingerprint density at radius 2 is 2.03 bits per heavy atom. The smallest absolute Gasteiger partial charge is 0.341 e. The minimum absolute atomic E-state index is 0.157. The van der Waals surface area contributed by atoms with Gasteiger partial charge in [-0.1, -0.05) is 11.8 Å². The number of thiophene rings is 1. The average molecular weight is 503 g/mol. The van der Waals surface area contributed by atoms with Crippen LogP contribution >= 0.6 is 23.1 Å². The van der Waals surface area contributed by atoms with Gasteiger partial charge in [0.15, 0.2) is 11.0 Å². The molecule has 34 heavy (non-hydrogen) atoms. The number of rotatable bonds is 8. The number of carbonyl (C=O) groups is 2. The number of aryl methyl sites for hydroxylation is 3. The summed E-state index contributed by atoms with van der Waals surface area (Å²) in [4.78, 5) is 26.9. The number of esters is 1. The molecular formula is C23H30N6O3S2. The maximum Gasteiger partial charge on any atom is 0.341 e. The first-order valence-electron chi connectivity index (χ1n) is 11.5. The van der Waals surface area contributed by atoms with Gasteiger partial charge in [-0.3, -0.25) is 9.48 Å². The van der Waals surface area contributed by atoms with E-state index in [4.69, 9.17) is 4.74 Å². The zero-order valence-corrected chi connectivity index (χ0v) is 21.8. The normalized spacial score (nSPS) is 13.2. The van der Waals surface area contributed by atoms with Gasteiger partial charge >= 0.3 is 5.97 Å². The molecule has 0 aromatic carbocycles. The summed E-state index contributed by atoms with van der Waals surface area (Å²) in [7, 11) is 1.87. The Labute approximate surface area is 207 Å². The van der Waals surface area contributed by atoms with E-state index in [0.29, 0.717) is 22.3 Å². The summed E-state index contributed by atoms with van der Waals surface area (Å²) in [5.41, 5.74) is 3.34. The summed E-state index contributed by atoms with van der Waals surface area (Å²) in [5, 5.41) is 17.3.